The van der Waals surface area contributed by atoms with E-state index in [0.29, 0.717) is 12.5 Å². The van der Waals surface area contributed by atoms with Crippen LogP contribution in [-0.4, -0.2) is 51.0 Å². The van der Waals surface area contributed by atoms with Crippen molar-refractivity contribution in [1.82, 2.24) is 24.6 Å². The summed E-state index contributed by atoms with van der Waals surface area (Å²) in [5.41, 5.74) is 0. The smallest absolute Gasteiger partial charge is 0.213 e. The first-order valence-corrected chi connectivity index (χ1v) is 9.09. The topological polar surface area (TPSA) is 65.3 Å². The molecule has 4 rings (SSSR count). The van der Waals surface area contributed by atoms with Gasteiger partial charge in [0, 0.05) is 45.1 Å². The SMILES string of the molecule is CC1c2nnc(COc3ccccn3)n2CCN1CC1CCOCC1. The zero-order chi connectivity index (χ0) is 17.1. The van der Waals surface area contributed by atoms with E-state index in [1.807, 2.05) is 18.2 Å². The molecule has 0 aliphatic carbocycles. The number of aromatic nitrogens is 4. The lowest BCUT2D eigenvalue weighted by atomic mass is 9.98. The van der Waals surface area contributed by atoms with E-state index in [1.54, 1.807) is 6.20 Å². The van der Waals surface area contributed by atoms with Crippen LogP contribution in [-0.2, 0) is 17.9 Å². The van der Waals surface area contributed by atoms with Crippen molar-refractivity contribution in [2.24, 2.45) is 5.92 Å². The van der Waals surface area contributed by atoms with E-state index in [9.17, 15) is 0 Å². The van der Waals surface area contributed by atoms with Crippen molar-refractivity contribution in [3.63, 3.8) is 0 Å². The lowest BCUT2D eigenvalue weighted by molar-refractivity contribution is 0.0408. The van der Waals surface area contributed by atoms with Crippen molar-refractivity contribution in [2.45, 2.75) is 39.0 Å². The van der Waals surface area contributed by atoms with E-state index in [0.717, 1.165) is 50.4 Å². The zero-order valence-electron chi connectivity index (χ0n) is 14.7. The first-order chi connectivity index (χ1) is 12.3. The fourth-order valence-corrected chi connectivity index (χ4v) is 3.67. The highest BCUT2D eigenvalue weighted by Gasteiger charge is 2.30. The van der Waals surface area contributed by atoms with E-state index in [2.05, 4.69) is 31.6 Å². The molecular formula is C18H25N5O2. The van der Waals surface area contributed by atoms with Crippen LogP contribution in [0.3, 0.4) is 0 Å². The van der Waals surface area contributed by atoms with Crippen molar-refractivity contribution in [1.29, 1.82) is 0 Å². The molecule has 4 heterocycles. The number of pyridine rings is 1. The Balaban J connectivity index is 1.40. The second-order valence-electron chi connectivity index (χ2n) is 6.81. The molecule has 134 valence electrons. The summed E-state index contributed by atoms with van der Waals surface area (Å²) in [6, 6.07) is 5.93. The number of hydrogen-bond donors (Lipinski definition) is 0. The van der Waals surface area contributed by atoms with Crippen LogP contribution >= 0.6 is 0 Å². The quantitative estimate of drug-likeness (QED) is 0.828. The second-order valence-corrected chi connectivity index (χ2v) is 6.81. The highest BCUT2D eigenvalue weighted by Crippen LogP contribution is 2.27. The lowest BCUT2D eigenvalue weighted by Crippen LogP contribution is -2.41. The van der Waals surface area contributed by atoms with Gasteiger partial charge in [-0.1, -0.05) is 6.07 Å². The van der Waals surface area contributed by atoms with Gasteiger partial charge in [0.2, 0.25) is 5.88 Å². The monoisotopic (exact) mass is 343 g/mol. The molecule has 2 aromatic heterocycles. The summed E-state index contributed by atoms with van der Waals surface area (Å²) in [6.45, 7) is 7.49. The lowest BCUT2D eigenvalue weighted by Gasteiger charge is -2.37. The molecule has 2 aliphatic heterocycles. The Morgan fingerprint density at radius 2 is 2.08 bits per heavy atom. The Hall–Kier alpha value is -1.99. The Kier molecular flexibility index (Phi) is 4.94. The molecule has 1 unspecified atom stereocenters. The van der Waals surface area contributed by atoms with Gasteiger partial charge in [0.05, 0.1) is 6.04 Å². The molecule has 0 spiro atoms. The fraction of sp³-hybridized carbons (Fsp3) is 0.611. The van der Waals surface area contributed by atoms with Crippen LogP contribution in [0.4, 0.5) is 0 Å². The molecule has 1 saturated heterocycles. The minimum atomic E-state index is 0.285. The molecule has 0 aromatic carbocycles. The van der Waals surface area contributed by atoms with Crippen molar-refractivity contribution >= 4 is 0 Å². The van der Waals surface area contributed by atoms with Crippen molar-refractivity contribution in [3.05, 3.63) is 36.0 Å². The first-order valence-electron chi connectivity index (χ1n) is 9.09. The number of ether oxygens (including phenoxy) is 2. The van der Waals surface area contributed by atoms with Gasteiger partial charge >= 0.3 is 0 Å². The molecule has 0 N–H and O–H groups in total. The largest absolute Gasteiger partial charge is 0.469 e. The number of rotatable bonds is 5. The predicted octanol–water partition coefficient (Wildman–Crippen LogP) is 2.06. The Bertz CT molecular complexity index is 684. The molecule has 2 aliphatic rings. The van der Waals surface area contributed by atoms with Gasteiger partial charge in [-0.25, -0.2) is 4.98 Å². The summed E-state index contributed by atoms with van der Waals surface area (Å²) in [5, 5.41) is 8.80. The molecule has 7 nitrogen and oxygen atoms in total. The fourth-order valence-electron chi connectivity index (χ4n) is 3.67. The van der Waals surface area contributed by atoms with Gasteiger partial charge in [-0.2, -0.15) is 0 Å². The molecule has 0 radical (unpaired) electrons. The van der Waals surface area contributed by atoms with Crippen LogP contribution in [0.25, 0.3) is 0 Å². The van der Waals surface area contributed by atoms with Crippen LogP contribution in [0.1, 0.15) is 37.5 Å². The van der Waals surface area contributed by atoms with E-state index in [-0.39, 0.29) is 6.04 Å². The molecular weight excluding hydrogens is 318 g/mol. The molecule has 7 heteroatoms. The minimum absolute atomic E-state index is 0.285. The van der Waals surface area contributed by atoms with Gasteiger partial charge in [0.25, 0.3) is 0 Å². The van der Waals surface area contributed by atoms with Crippen LogP contribution in [0.15, 0.2) is 24.4 Å². The molecule has 1 atom stereocenters. The van der Waals surface area contributed by atoms with Crippen molar-refractivity contribution < 1.29 is 9.47 Å². The highest BCUT2D eigenvalue weighted by atomic mass is 16.5. The minimum Gasteiger partial charge on any atom is -0.469 e. The van der Waals surface area contributed by atoms with Crippen LogP contribution in [0.5, 0.6) is 5.88 Å². The maximum atomic E-state index is 5.74. The molecule has 1 fully saturated rings. The average Bonchev–Trinajstić information content (AvgIpc) is 3.08. The van der Waals surface area contributed by atoms with Crippen molar-refractivity contribution in [3.8, 4) is 5.88 Å². The predicted molar refractivity (Wildman–Crippen MR) is 92.1 cm³/mol. The van der Waals surface area contributed by atoms with E-state index in [4.69, 9.17) is 9.47 Å². The zero-order valence-corrected chi connectivity index (χ0v) is 14.7. The Labute approximate surface area is 148 Å². The van der Waals surface area contributed by atoms with Crippen molar-refractivity contribution in [2.75, 3.05) is 26.3 Å². The molecule has 0 amide bonds. The number of nitrogens with zero attached hydrogens (tertiary/aromatic N) is 5. The average molecular weight is 343 g/mol. The maximum Gasteiger partial charge on any atom is 0.213 e. The van der Waals surface area contributed by atoms with Gasteiger partial charge < -0.3 is 14.0 Å². The summed E-state index contributed by atoms with van der Waals surface area (Å²) in [4.78, 5) is 6.72. The van der Waals surface area contributed by atoms with E-state index in [1.165, 1.54) is 12.8 Å². The summed E-state index contributed by atoms with van der Waals surface area (Å²) >= 11 is 0. The van der Waals surface area contributed by atoms with E-state index < -0.39 is 0 Å². The van der Waals surface area contributed by atoms with Gasteiger partial charge in [-0.15, -0.1) is 10.2 Å². The summed E-state index contributed by atoms with van der Waals surface area (Å²) in [6.07, 6.45) is 4.06. The third kappa shape index (κ3) is 3.67. The highest BCUT2D eigenvalue weighted by molar-refractivity contribution is 5.10. The summed E-state index contributed by atoms with van der Waals surface area (Å²) in [7, 11) is 0. The third-order valence-electron chi connectivity index (χ3n) is 5.21. The van der Waals surface area contributed by atoms with Gasteiger partial charge in [-0.3, -0.25) is 4.90 Å². The molecule has 0 bridgehead atoms. The summed E-state index contributed by atoms with van der Waals surface area (Å²) in [5.74, 6) is 3.26. The normalized spacial score (nSPS) is 21.9. The number of hydrogen-bond acceptors (Lipinski definition) is 6. The maximum absolute atomic E-state index is 5.74. The van der Waals surface area contributed by atoms with Crippen LogP contribution in [0.2, 0.25) is 0 Å². The van der Waals surface area contributed by atoms with E-state index >= 15 is 0 Å². The molecule has 0 saturated carbocycles. The Morgan fingerprint density at radius 1 is 1.20 bits per heavy atom. The Morgan fingerprint density at radius 3 is 2.88 bits per heavy atom. The first kappa shape index (κ1) is 16.5. The van der Waals surface area contributed by atoms with Gasteiger partial charge in [0.15, 0.2) is 5.82 Å². The number of fused-ring (bicyclic) bond motifs is 1. The third-order valence-corrected chi connectivity index (χ3v) is 5.21. The van der Waals surface area contributed by atoms with Crippen LogP contribution in [0, 0.1) is 5.92 Å². The molecule has 25 heavy (non-hydrogen) atoms. The van der Waals surface area contributed by atoms with Crippen LogP contribution < -0.4 is 4.74 Å². The molecule has 2 aromatic rings. The summed E-state index contributed by atoms with van der Waals surface area (Å²) < 4.78 is 13.4. The second kappa shape index (κ2) is 7.49. The van der Waals surface area contributed by atoms with Gasteiger partial charge in [-0.05, 0) is 31.7 Å². The van der Waals surface area contributed by atoms with Gasteiger partial charge in [0.1, 0.15) is 12.4 Å². The standard InChI is InChI=1S/C18H25N5O2/c1-14-18-21-20-16(13-25-17-4-2-3-7-19-17)23(18)9-8-22(14)12-15-5-10-24-11-6-15/h2-4,7,14-15H,5-6,8-13H2,1H3.